The molecule has 0 amide bonds. The van der Waals surface area contributed by atoms with E-state index in [-0.39, 0.29) is 0 Å². The molecule has 0 aliphatic rings. The Morgan fingerprint density at radius 1 is 0.548 bits per heavy atom. The van der Waals surface area contributed by atoms with Crippen molar-refractivity contribution >= 4 is 28.8 Å². The SMILES string of the molecule is COC(=O)c1ccc([S+](c2cccc(C(=O)OC)c2)c2cccc(C(=O)OC)c2)cc1. The van der Waals surface area contributed by atoms with Gasteiger partial charge in [0.15, 0.2) is 14.7 Å². The number of benzene rings is 3. The van der Waals surface area contributed by atoms with Crippen molar-refractivity contribution in [3.63, 3.8) is 0 Å². The Morgan fingerprint density at radius 3 is 1.39 bits per heavy atom. The lowest BCUT2D eigenvalue weighted by Gasteiger charge is -2.10. The summed E-state index contributed by atoms with van der Waals surface area (Å²) in [5.74, 6) is -1.30. The molecule has 7 heteroatoms. The molecule has 158 valence electrons. The van der Waals surface area contributed by atoms with E-state index in [0.717, 1.165) is 14.7 Å². The van der Waals surface area contributed by atoms with E-state index >= 15 is 0 Å². The molecule has 0 saturated heterocycles. The molecule has 31 heavy (non-hydrogen) atoms. The van der Waals surface area contributed by atoms with Crippen LogP contribution in [0.4, 0.5) is 0 Å². The first-order valence-corrected chi connectivity index (χ1v) is 10.5. The maximum Gasteiger partial charge on any atom is 0.338 e. The minimum atomic E-state index is -0.663. The van der Waals surface area contributed by atoms with Gasteiger partial charge in [0.2, 0.25) is 0 Å². The number of rotatable bonds is 6. The average Bonchev–Trinajstić information content (AvgIpc) is 2.83. The first kappa shape index (κ1) is 22.1. The zero-order valence-electron chi connectivity index (χ0n) is 17.3. The van der Waals surface area contributed by atoms with Gasteiger partial charge in [0, 0.05) is 12.1 Å². The molecule has 0 fully saturated rings. The Balaban J connectivity index is 2.14. The van der Waals surface area contributed by atoms with Gasteiger partial charge in [-0.05, 0) is 48.5 Å². The summed E-state index contributed by atoms with van der Waals surface area (Å²) in [7, 11) is 3.33. The fourth-order valence-electron chi connectivity index (χ4n) is 2.99. The fourth-order valence-corrected chi connectivity index (χ4v) is 5.13. The van der Waals surface area contributed by atoms with Crippen LogP contribution in [0.5, 0.6) is 0 Å². The van der Waals surface area contributed by atoms with Crippen LogP contribution in [0.1, 0.15) is 31.1 Å². The summed E-state index contributed by atoms with van der Waals surface area (Å²) in [6.07, 6.45) is 0. The highest BCUT2D eigenvalue weighted by Gasteiger charge is 2.30. The summed E-state index contributed by atoms with van der Waals surface area (Å²) in [5, 5.41) is 0. The van der Waals surface area contributed by atoms with E-state index in [4.69, 9.17) is 14.2 Å². The third-order valence-corrected chi connectivity index (χ3v) is 6.69. The molecule has 0 atom stereocenters. The van der Waals surface area contributed by atoms with Gasteiger partial charge in [0.1, 0.15) is 0 Å². The van der Waals surface area contributed by atoms with Crippen molar-refractivity contribution in [2.45, 2.75) is 14.7 Å². The zero-order valence-corrected chi connectivity index (χ0v) is 18.1. The van der Waals surface area contributed by atoms with Crippen LogP contribution in [0.15, 0.2) is 87.5 Å². The monoisotopic (exact) mass is 437 g/mol. The second-order valence-corrected chi connectivity index (χ2v) is 8.39. The number of hydrogen-bond donors (Lipinski definition) is 0. The Hall–Kier alpha value is -3.58. The van der Waals surface area contributed by atoms with Crippen LogP contribution in [0.3, 0.4) is 0 Å². The highest BCUT2D eigenvalue weighted by molar-refractivity contribution is 7.97. The molecule has 0 N–H and O–H groups in total. The van der Waals surface area contributed by atoms with Crippen LogP contribution in [0.2, 0.25) is 0 Å². The Labute approximate surface area is 183 Å². The number of hydrogen-bond acceptors (Lipinski definition) is 6. The molecule has 0 saturated carbocycles. The molecule has 0 unspecified atom stereocenters. The van der Waals surface area contributed by atoms with Crippen LogP contribution in [0, 0.1) is 0 Å². The largest absolute Gasteiger partial charge is 0.465 e. The first-order valence-electron chi connectivity index (χ1n) is 9.28. The molecule has 6 nitrogen and oxygen atoms in total. The maximum absolute atomic E-state index is 12.1. The lowest BCUT2D eigenvalue weighted by molar-refractivity contribution is 0.0591. The summed E-state index contributed by atoms with van der Waals surface area (Å²) in [6.45, 7) is 0. The van der Waals surface area contributed by atoms with E-state index in [1.54, 1.807) is 48.5 Å². The van der Waals surface area contributed by atoms with Crippen molar-refractivity contribution < 1.29 is 28.6 Å². The van der Waals surface area contributed by atoms with Crippen molar-refractivity contribution in [2.24, 2.45) is 0 Å². The first-order chi connectivity index (χ1) is 15.0. The standard InChI is InChI=1S/C24H21O6S/c1-28-22(25)16-10-12-19(13-11-16)31(20-8-4-6-17(14-20)23(26)29-2)21-9-5-7-18(15-21)24(27)30-3/h4-15H,1-3H3/q+1. The minimum absolute atomic E-state index is 0.424. The minimum Gasteiger partial charge on any atom is -0.465 e. The smallest absolute Gasteiger partial charge is 0.338 e. The molecule has 0 heterocycles. The third-order valence-electron chi connectivity index (χ3n) is 4.49. The molecule has 0 bridgehead atoms. The van der Waals surface area contributed by atoms with E-state index < -0.39 is 28.8 Å². The Bertz CT molecular complexity index is 1050. The van der Waals surface area contributed by atoms with Crippen molar-refractivity contribution in [3.8, 4) is 0 Å². The highest BCUT2D eigenvalue weighted by Crippen LogP contribution is 2.32. The van der Waals surface area contributed by atoms with Crippen LogP contribution >= 0.6 is 0 Å². The fraction of sp³-hybridized carbons (Fsp3) is 0.125. The van der Waals surface area contributed by atoms with Gasteiger partial charge < -0.3 is 14.2 Å². The maximum atomic E-state index is 12.1. The number of carbonyl (C=O) groups is 3. The van der Waals surface area contributed by atoms with Crippen LogP contribution < -0.4 is 0 Å². The molecule has 0 aliphatic heterocycles. The molecule has 3 aromatic rings. The molecular weight excluding hydrogens is 416 g/mol. The van der Waals surface area contributed by atoms with Crippen LogP contribution in [-0.4, -0.2) is 39.2 Å². The quantitative estimate of drug-likeness (QED) is 0.328. The predicted octanol–water partition coefficient (Wildman–Crippen LogP) is 4.14. The van der Waals surface area contributed by atoms with E-state index in [1.165, 1.54) is 21.3 Å². The second-order valence-electron chi connectivity index (χ2n) is 6.36. The summed E-state index contributed by atoms with van der Waals surface area (Å²) < 4.78 is 14.5. The van der Waals surface area contributed by atoms with E-state index in [2.05, 4.69) is 0 Å². The van der Waals surface area contributed by atoms with Gasteiger partial charge in [-0.3, -0.25) is 0 Å². The summed E-state index contributed by atoms with van der Waals surface area (Å²) in [6, 6.07) is 21.4. The molecule has 0 radical (unpaired) electrons. The molecule has 3 aromatic carbocycles. The third kappa shape index (κ3) is 4.95. The van der Waals surface area contributed by atoms with Crippen molar-refractivity contribution in [1.82, 2.24) is 0 Å². The molecule has 0 aromatic heterocycles. The van der Waals surface area contributed by atoms with Crippen molar-refractivity contribution in [3.05, 3.63) is 89.5 Å². The number of methoxy groups -OCH3 is 3. The van der Waals surface area contributed by atoms with Gasteiger partial charge in [-0.25, -0.2) is 14.4 Å². The number of ether oxygens (including phenoxy) is 3. The van der Waals surface area contributed by atoms with Crippen molar-refractivity contribution in [2.75, 3.05) is 21.3 Å². The van der Waals surface area contributed by atoms with Gasteiger partial charge in [0.05, 0.1) is 48.9 Å². The normalized spacial score (nSPS) is 10.5. The summed E-state index contributed by atoms with van der Waals surface area (Å²) >= 11 is 0. The Morgan fingerprint density at radius 2 is 0.968 bits per heavy atom. The zero-order chi connectivity index (χ0) is 22.4. The van der Waals surface area contributed by atoms with E-state index in [1.807, 2.05) is 24.3 Å². The topological polar surface area (TPSA) is 78.9 Å². The van der Waals surface area contributed by atoms with Gasteiger partial charge in [-0.2, -0.15) is 0 Å². The lowest BCUT2D eigenvalue weighted by atomic mass is 10.2. The Kier molecular flexibility index (Phi) is 7.10. The molecule has 3 rings (SSSR count). The van der Waals surface area contributed by atoms with Gasteiger partial charge >= 0.3 is 17.9 Å². The van der Waals surface area contributed by atoms with E-state index in [9.17, 15) is 14.4 Å². The number of carbonyl (C=O) groups excluding carboxylic acids is 3. The summed E-state index contributed by atoms with van der Waals surface area (Å²) in [5.41, 5.74) is 1.28. The summed E-state index contributed by atoms with van der Waals surface area (Å²) in [4.78, 5) is 38.6. The van der Waals surface area contributed by atoms with Crippen LogP contribution in [-0.2, 0) is 25.1 Å². The van der Waals surface area contributed by atoms with Gasteiger partial charge in [0.25, 0.3) is 0 Å². The van der Waals surface area contributed by atoms with E-state index in [0.29, 0.717) is 16.7 Å². The highest BCUT2D eigenvalue weighted by atomic mass is 32.2. The second kappa shape index (κ2) is 9.95. The predicted molar refractivity (Wildman–Crippen MR) is 116 cm³/mol. The van der Waals surface area contributed by atoms with Crippen molar-refractivity contribution in [1.29, 1.82) is 0 Å². The molecular formula is C24H21O6S+. The van der Waals surface area contributed by atoms with Gasteiger partial charge in [-0.1, -0.05) is 12.1 Å². The average molecular weight is 437 g/mol. The lowest BCUT2D eigenvalue weighted by Crippen LogP contribution is -2.10. The van der Waals surface area contributed by atoms with Gasteiger partial charge in [-0.15, -0.1) is 0 Å². The molecule has 0 aliphatic carbocycles. The van der Waals surface area contributed by atoms with Crippen LogP contribution in [0.25, 0.3) is 0 Å². The molecule has 0 spiro atoms. The number of esters is 3.